The summed E-state index contributed by atoms with van der Waals surface area (Å²) in [6.07, 6.45) is 2.94. The van der Waals surface area contributed by atoms with Crippen LogP contribution < -0.4 is 20.1 Å². The van der Waals surface area contributed by atoms with E-state index in [4.69, 9.17) is 26.1 Å². The highest BCUT2D eigenvalue weighted by atomic mass is 35.5. The Morgan fingerprint density at radius 3 is 2.45 bits per heavy atom. The maximum atomic E-state index is 13.3. The number of methoxy groups -OCH3 is 1. The number of amides is 2. The van der Waals surface area contributed by atoms with Gasteiger partial charge >= 0.3 is 5.97 Å². The van der Waals surface area contributed by atoms with E-state index in [1.165, 1.54) is 6.07 Å². The largest absolute Gasteiger partial charge is 0.497 e. The number of rotatable bonds is 13. The van der Waals surface area contributed by atoms with E-state index in [2.05, 4.69) is 20.8 Å². The fourth-order valence-electron chi connectivity index (χ4n) is 6.58. The van der Waals surface area contributed by atoms with Crippen molar-refractivity contribution in [2.75, 3.05) is 26.8 Å². The summed E-state index contributed by atoms with van der Waals surface area (Å²) in [5.41, 5.74) is 1.32. The van der Waals surface area contributed by atoms with Crippen LogP contribution in [-0.4, -0.2) is 80.9 Å². The third-order valence-electron chi connectivity index (χ3n) is 9.32. The van der Waals surface area contributed by atoms with E-state index in [1.54, 1.807) is 37.4 Å². The van der Waals surface area contributed by atoms with Crippen LogP contribution in [0.2, 0.25) is 5.02 Å². The smallest absolute Gasteiger partial charge is 0.339 e. The number of aromatic nitrogens is 3. The highest BCUT2D eigenvalue weighted by Crippen LogP contribution is 2.36. The minimum absolute atomic E-state index is 0.0305. The molecule has 13 nitrogen and oxygen atoms in total. The lowest BCUT2D eigenvalue weighted by atomic mass is 9.87. The van der Waals surface area contributed by atoms with E-state index in [1.807, 2.05) is 41.8 Å². The van der Waals surface area contributed by atoms with Crippen LogP contribution in [-0.2, 0) is 9.59 Å². The molecule has 1 aromatic heterocycles. The van der Waals surface area contributed by atoms with Gasteiger partial charge in [-0.25, -0.2) is 4.79 Å². The van der Waals surface area contributed by atoms with Crippen molar-refractivity contribution in [2.24, 2.45) is 10.9 Å². The number of hydrogen-bond acceptors (Lipinski definition) is 9. The Labute approximate surface area is 299 Å². The summed E-state index contributed by atoms with van der Waals surface area (Å²) in [5.74, 6) is -0.356. The van der Waals surface area contributed by atoms with Gasteiger partial charge in [0.15, 0.2) is 11.4 Å². The van der Waals surface area contributed by atoms with Crippen LogP contribution in [0.4, 0.5) is 0 Å². The zero-order chi connectivity index (χ0) is 36.1. The van der Waals surface area contributed by atoms with Gasteiger partial charge in [0.05, 0.1) is 24.9 Å². The Morgan fingerprint density at radius 1 is 0.980 bits per heavy atom. The van der Waals surface area contributed by atoms with Crippen molar-refractivity contribution >= 4 is 35.1 Å². The van der Waals surface area contributed by atoms with Crippen molar-refractivity contribution in [1.29, 1.82) is 0 Å². The predicted octanol–water partition coefficient (Wildman–Crippen LogP) is 4.45. The standard InChI is InChI=1S/C37H39ClN6O7/c1-22-42-43-34-30(41-33(23-10-12-26(38)13-11-23)29-19-27(50-2)14-15-31(29)44(22)34)20-32(45)39-16-17-40-35(46)24-6-5-9-28(18-24)51-21-37(49,36(47)48)25-7-3-4-8-25/h5-6,9-15,18-19,25,30,49H,3-4,7-8,16-17,20-21H2,1-2H3,(H,39,45)(H,40,46)(H,47,48)/t30-,37?/m0/s1. The van der Waals surface area contributed by atoms with Gasteiger partial charge in [-0.1, -0.05) is 42.6 Å². The number of fused-ring (bicyclic) bond motifs is 3. The molecule has 0 saturated heterocycles. The zero-order valence-corrected chi connectivity index (χ0v) is 29.0. The fraction of sp³-hybridized carbons (Fsp3) is 0.351. The number of carbonyl (C=O) groups excluding carboxylic acids is 2. The van der Waals surface area contributed by atoms with Gasteiger partial charge in [-0.05, 0) is 68.3 Å². The molecule has 6 rings (SSSR count). The van der Waals surface area contributed by atoms with Gasteiger partial charge < -0.3 is 30.3 Å². The van der Waals surface area contributed by atoms with Gasteiger partial charge in [-0.15, -0.1) is 10.2 Å². The van der Waals surface area contributed by atoms with Gasteiger partial charge in [0, 0.05) is 40.7 Å². The molecule has 2 heterocycles. The van der Waals surface area contributed by atoms with Gasteiger partial charge in [0.25, 0.3) is 5.91 Å². The van der Waals surface area contributed by atoms with Crippen molar-refractivity contribution in [2.45, 2.75) is 50.7 Å². The number of halogens is 1. The fourth-order valence-corrected chi connectivity index (χ4v) is 6.71. The van der Waals surface area contributed by atoms with Gasteiger partial charge in [-0.2, -0.15) is 0 Å². The Morgan fingerprint density at radius 2 is 1.73 bits per heavy atom. The molecule has 0 radical (unpaired) electrons. The molecule has 2 atom stereocenters. The van der Waals surface area contributed by atoms with Crippen LogP contribution in [0.1, 0.15) is 71.3 Å². The second kappa shape index (κ2) is 15.3. The Hall–Kier alpha value is -5.27. The monoisotopic (exact) mass is 714 g/mol. The summed E-state index contributed by atoms with van der Waals surface area (Å²) in [5, 5.41) is 35.5. The number of aliphatic hydroxyl groups is 1. The first-order chi connectivity index (χ1) is 24.6. The van der Waals surface area contributed by atoms with E-state index in [0.29, 0.717) is 41.0 Å². The summed E-state index contributed by atoms with van der Waals surface area (Å²) in [4.78, 5) is 43.2. The quantitative estimate of drug-likeness (QED) is 0.146. The summed E-state index contributed by atoms with van der Waals surface area (Å²) in [7, 11) is 1.59. The molecule has 1 saturated carbocycles. The van der Waals surface area contributed by atoms with Gasteiger partial charge in [0.2, 0.25) is 5.91 Å². The highest BCUT2D eigenvalue weighted by Gasteiger charge is 2.46. The molecule has 1 aliphatic carbocycles. The molecular weight excluding hydrogens is 676 g/mol. The van der Waals surface area contributed by atoms with Crippen molar-refractivity contribution in [3.63, 3.8) is 0 Å². The third-order valence-corrected chi connectivity index (χ3v) is 9.57. The third kappa shape index (κ3) is 7.74. The van der Waals surface area contributed by atoms with E-state index in [0.717, 1.165) is 29.7 Å². The van der Waals surface area contributed by atoms with E-state index >= 15 is 0 Å². The van der Waals surface area contributed by atoms with E-state index in [-0.39, 0.29) is 42.6 Å². The Balaban J connectivity index is 1.10. The maximum absolute atomic E-state index is 13.3. The minimum atomic E-state index is -2.00. The number of ether oxygens (including phenoxy) is 2. The lowest BCUT2D eigenvalue weighted by Crippen LogP contribution is -2.50. The molecule has 0 spiro atoms. The first-order valence-electron chi connectivity index (χ1n) is 16.8. The van der Waals surface area contributed by atoms with Crippen molar-refractivity contribution in [1.82, 2.24) is 25.4 Å². The van der Waals surface area contributed by atoms with Crippen LogP contribution in [0.5, 0.6) is 11.5 Å². The maximum Gasteiger partial charge on any atom is 0.339 e. The van der Waals surface area contributed by atoms with E-state index < -0.39 is 30.1 Å². The predicted molar refractivity (Wildman–Crippen MR) is 189 cm³/mol. The molecule has 2 aliphatic rings. The average Bonchev–Trinajstić information content (AvgIpc) is 3.79. The minimum Gasteiger partial charge on any atom is -0.497 e. The van der Waals surface area contributed by atoms with Crippen LogP contribution in [0, 0.1) is 12.8 Å². The number of nitrogens with zero attached hydrogens (tertiary/aromatic N) is 4. The Bertz CT molecular complexity index is 1960. The summed E-state index contributed by atoms with van der Waals surface area (Å²) < 4.78 is 13.1. The molecule has 2 amide bonds. The molecule has 1 unspecified atom stereocenters. The first-order valence-corrected chi connectivity index (χ1v) is 17.1. The van der Waals surface area contributed by atoms with Crippen molar-refractivity contribution in [3.8, 4) is 17.2 Å². The molecule has 3 aromatic carbocycles. The summed E-state index contributed by atoms with van der Waals surface area (Å²) >= 11 is 6.19. The number of nitrogens with one attached hydrogen (secondary N) is 2. The van der Waals surface area contributed by atoms with Crippen LogP contribution in [0.25, 0.3) is 5.69 Å². The number of carboxylic acid groups (broad SMARTS) is 1. The molecule has 1 fully saturated rings. The second-order valence-electron chi connectivity index (χ2n) is 12.7. The van der Waals surface area contributed by atoms with Crippen molar-refractivity contribution in [3.05, 3.63) is 100 Å². The summed E-state index contributed by atoms with van der Waals surface area (Å²) in [6.45, 7) is 1.70. The first kappa shape index (κ1) is 35.6. The number of aliphatic carboxylic acids is 1. The molecule has 0 bridgehead atoms. The van der Waals surface area contributed by atoms with Crippen LogP contribution >= 0.6 is 11.6 Å². The highest BCUT2D eigenvalue weighted by molar-refractivity contribution is 6.30. The summed E-state index contributed by atoms with van der Waals surface area (Å²) in [6, 6.07) is 18.6. The number of aryl methyl sites for hydroxylation is 1. The molecule has 4 N–H and O–H groups in total. The zero-order valence-electron chi connectivity index (χ0n) is 28.3. The number of aliphatic imine (C=N–C) groups is 1. The molecular formula is C37H39ClN6O7. The van der Waals surface area contributed by atoms with Crippen LogP contribution in [0.3, 0.4) is 0 Å². The molecule has 4 aromatic rings. The number of carboxylic acids is 1. The van der Waals surface area contributed by atoms with Crippen LogP contribution in [0.15, 0.2) is 71.7 Å². The topological polar surface area (TPSA) is 177 Å². The molecule has 1 aliphatic heterocycles. The van der Waals surface area contributed by atoms with E-state index in [9.17, 15) is 24.6 Å². The number of hydrogen-bond donors (Lipinski definition) is 4. The lowest BCUT2D eigenvalue weighted by Gasteiger charge is -2.29. The Kier molecular flexibility index (Phi) is 10.7. The lowest BCUT2D eigenvalue weighted by molar-refractivity contribution is -0.169. The molecule has 266 valence electrons. The van der Waals surface area contributed by atoms with Gasteiger partial charge in [-0.3, -0.25) is 19.1 Å². The number of benzene rings is 3. The number of carbonyl (C=O) groups is 3. The average molecular weight is 715 g/mol. The van der Waals surface area contributed by atoms with Gasteiger partial charge in [0.1, 0.15) is 30.0 Å². The van der Waals surface area contributed by atoms with Crippen molar-refractivity contribution < 1.29 is 34.1 Å². The normalized spacial score (nSPS) is 16.5. The molecule has 51 heavy (non-hydrogen) atoms. The second-order valence-corrected chi connectivity index (χ2v) is 13.1. The molecule has 14 heteroatoms. The SMILES string of the molecule is COc1ccc2c(c1)C(c1ccc(Cl)cc1)=N[C@@H](CC(=O)NCCNC(=O)c1cccc(OCC(O)(C(=O)O)C3CCCC3)c1)c1nnc(C)n1-2.